The van der Waals surface area contributed by atoms with Gasteiger partial charge in [-0.3, -0.25) is 0 Å². The third-order valence-electron chi connectivity index (χ3n) is 3.00. The fourth-order valence-corrected chi connectivity index (χ4v) is 2.07. The molecule has 5 nitrogen and oxygen atoms in total. The van der Waals surface area contributed by atoms with Crippen molar-refractivity contribution in [3.63, 3.8) is 0 Å². The van der Waals surface area contributed by atoms with E-state index in [9.17, 15) is 14.3 Å². The second-order valence-corrected chi connectivity index (χ2v) is 4.29. The van der Waals surface area contributed by atoms with Crippen LogP contribution in [0.25, 0.3) is 22.4 Å². The highest BCUT2D eigenvalue weighted by atomic mass is 19.1. The molecule has 0 aliphatic heterocycles. The first-order chi connectivity index (χ1) is 9.58. The molecule has 20 heavy (non-hydrogen) atoms. The standard InChI is InChI=1S/C14H9FN2O3/c1-7-12-9(14(18)19)6-11(16-13(12)20-17-7)8-4-2-3-5-10(8)15/h2-6H,1H3,(H,18,19). The minimum absolute atomic E-state index is 0.00740. The van der Waals surface area contributed by atoms with E-state index in [0.717, 1.165) is 0 Å². The van der Waals surface area contributed by atoms with Gasteiger partial charge in [0.05, 0.1) is 22.3 Å². The zero-order valence-corrected chi connectivity index (χ0v) is 10.4. The zero-order chi connectivity index (χ0) is 14.3. The van der Waals surface area contributed by atoms with Crippen LogP contribution < -0.4 is 0 Å². The second-order valence-electron chi connectivity index (χ2n) is 4.29. The SMILES string of the molecule is Cc1noc2nc(-c3ccccc3F)cc(C(=O)O)c12. The number of rotatable bonds is 2. The fraction of sp³-hybridized carbons (Fsp3) is 0.0714. The van der Waals surface area contributed by atoms with Gasteiger partial charge in [-0.25, -0.2) is 14.2 Å². The van der Waals surface area contributed by atoms with E-state index in [2.05, 4.69) is 10.1 Å². The van der Waals surface area contributed by atoms with Crippen LogP contribution in [-0.4, -0.2) is 21.2 Å². The smallest absolute Gasteiger partial charge is 0.336 e. The number of halogens is 1. The molecule has 0 aliphatic rings. The summed E-state index contributed by atoms with van der Waals surface area (Å²) in [6.45, 7) is 1.63. The van der Waals surface area contributed by atoms with Crippen molar-refractivity contribution >= 4 is 17.1 Å². The largest absolute Gasteiger partial charge is 0.478 e. The number of fused-ring (bicyclic) bond motifs is 1. The summed E-state index contributed by atoms with van der Waals surface area (Å²) in [5.74, 6) is -1.62. The van der Waals surface area contributed by atoms with Gasteiger partial charge >= 0.3 is 5.97 Å². The molecule has 3 aromatic rings. The lowest BCUT2D eigenvalue weighted by molar-refractivity contribution is 0.0699. The molecule has 0 saturated carbocycles. The molecule has 100 valence electrons. The van der Waals surface area contributed by atoms with Crippen LogP contribution in [0, 0.1) is 12.7 Å². The lowest BCUT2D eigenvalue weighted by atomic mass is 10.1. The van der Waals surface area contributed by atoms with Gasteiger partial charge in [0.15, 0.2) is 0 Å². The number of carboxylic acids is 1. The minimum atomic E-state index is -1.14. The summed E-state index contributed by atoms with van der Waals surface area (Å²) in [5, 5.41) is 13.3. The first-order valence-electron chi connectivity index (χ1n) is 5.83. The first kappa shape index (κ1) is 12.3. The van der Waals surface area contributed by atoms with E-state index in [4.69, 9.17) is 4.52 Å². The molecular formula is C14H9FN2O3. The minimum Gasteiger partial charge on any atom is -0.478 e. The van der Waals surface area contributed by atoms with Crippen LogP contribution in [0.5, 0.6) is 0 Å². The topological polar surface area (TPSA) is 76.2 Å². The van der Waals surface area contributed by atoms with Gasteiger partial charge in [0, 0.05) is 5.56 Å². The molecule has 3 rings (SSSR count). The summed E-state index contributed by atoms with van der Waals surface area (Å²) < 4.78 is 18.8. The van der Waals surface area contributed by atoms with Crippen molar-refractivity contribution in [3.05, 3.63) is 47.4 Å². The molecule has 0 aliphatic carbocycles. The van der Waals surface area contributed by atoms with Crippen molar-refractivity contribution in [1.29, 1.82) is 0 Å². The van der Waals surface area contributed by atoms with E-state index in [1.165, 1.54) is 18.2 Å². The molecule has 0 amide bonds. The Kier molecular flexibility index (Phi) is 2.71. The Labute approximate surface area is 112 Å². The van der Waals surface area contributed by atoms with Gasteiger partial charge in [-0.2, -0.15) is 0 Å². The maximum Gasteiger partial charge on any atom is 0.336 e. The van der Waals surface area contributed by atoms with E-state index in [1.807, 2.05) is 0 Å². The number of benzene rings is 1. The Morgan fingerprint density at radius 1 is 1.35 bits per heavy atom. The molecule has 0 unspecified atom stereocenters. The lowest BCUT2D eigenvalue weighted by Gasteiger charge is -2.04. The van der Waals surface area contributed by atoms with Gasteiger partial charge in [-0.15, -0.1) is 0 Å². The molecule has 6 heteroatoms. The number of hydrogen-bond acceptors (Lipinski definition) is 4. The number of carboxylic acid groups (broad SMARTS) is 1. The van der Waals surface area contributed by atoms with Crippen molar-refractivity contribution in [1.82, 2.24) is 10.1 Å². The van der Waals surface area contributed by atoms with Gasteiger partial charge in [0.1, 0.15) is 5.82 Å². The normalized spacial score (nSPS) is 10.9. The monoisotopic (exact) mass is 272 g/mol. The highest BCUT2D eigenvalue weighted by molar-refractivity contribution is 6.03. The average Bonchev–Trinajstić information content (AvgIpc) is 2.80. The summed E-state index contributed by atoms with van der Waals surface area (Å²) in [6, 6.07) is 7.34. The predicted molar refractivity (Wildman–Crippen MR) is 68.9 cm³/mol. The van der Waals surface area contributed by atoms with Crippen LogP contribution in [0.4, 0.5) is 4.39 Å². The number of carbonyl (C=O) groups is 1. The van der Waals surface area contributed by atoms with Crippen LogP contribution in [0.2, 0.25) is 0 Å². The number of aromatic carboxylic acids is 1. The maximum atomic E-state index is 13.8. The predicted octanol–water partition coefficient (Wildman–Crippen LogP) is 3.04. The quantitative estimate of drug-likeness (QED) is 0.775. The number of aromatic nitrogens is 2. The Balaban J connectivity index is 2.34. The van der Waals surface area contributed by atoms with Crippen LogP contribution >= 0.6 is 0 Å². The number of aryl methyl sites for hydroxylation is 1. The van der Waals surface area contributed by atoms with Crippen LogP contribution in [0.15, 0.2) is 34.9 Å². The zero-order valence-electron chi connectivity index (χ0n) is 10.4. The summed E-state index contributed by atoms with van der Waals surface area (Å²) >= 11 is 0. The van der Waals surface area contributed by atoms with Crippen molar-refractivity contribution in [3.8, 4) is 11.3 Å². The molecule has 0 atom stereocenters. The molecule has 1 N–H and O–H groups in total. The van der Waals surface area contributed by atoms with Gasteiger partial charge in [-0.1, -0.05) is 17.3 Å². The Morgan fingerprint density at radius 2 is 2.10 bits per heavy atom. The lowest BCUT2D eigenvalue weighted by Crippen LogP contribution is -2.00. The van der Waals surface area contributed by atoms with Crippen LogP contribution in [0.1, 0.15) is 16.1 Å². The van der Waals surface area contributed by atoms with Crippen molar-refractivity contribution < 1.29 is 18.8 Å². The summed E-state index contributed by atoms with van der Waals surface area (Å²) in [7, 11) is 0. The summed E-state index contributed by atoms with van der Waals surface area (Å²) in [5.41, 5.74) is 0.924. The van der Waals surface area contributed by atoms with E-state index < -0.39 is 11.8 Å². The molecule has 0 fully saturated rings. The van der Waals surface area contributed by atoms with Crippen LogP contribution in [-0.2, 0) is 0 Å². The van der Waals surface area contributed by atoms with Gasteiger partial charge in [-0.05, 0) is 25.1 Å². The number of nitrogens with zero attached hydrogens (tertiary/aromatic N) is 2. The molecule has 0 radical (unpaired) electrons. The highest BCUT2D eigenvalue weighted by Crippen LogP contribution is 2.28. The molecule has 0 saturated heterocycles. The van der Waals surface area contributed by atoms with Crippen LogP contribution in [0.3, 0.4) is 0 Å². The Bertz CT molecular complexity index is 826. The first-order valence-corrected chi connectivity index (χ1v) is 5.83. The third-order valence-corrected chi connectivity index (χ3v) is 3.00. The van der Waals surface area contributed by atoms with Gasteiger partial charge < -0.3 is 9.63 Å². The van der Waals surface area contributed by atoms with Crippen molar-refractivity contribution in [2.75, 3.05) is 0 Å². The molecule has 2 heterocycles. The second kappa shape index (κ2) is 4.41. The van der Waals surface area contributed by atoms with E-state index in [1.54, 1.807) is 19.1 Å². The number of pyridine rings is 1. The molecular weight excluding hydrogens is 263 g/mol. The highest BCUT2D eigenvalue weighted by Gasteiger charge is 2.19. The Morgan fingerprint density at radius 3 is 2.80 bits per heavy atom. The van der Waals surface area contributed by atoms with Gasteiger partial charge in [0.25, 0.3) is 5.71 Å². The van der Waals surface area contributed by atoms with E-state index >= 15 is 0 Å². The Hall–Kier alpha value is -2.76. The van der Waals surface area contributed by atoms with Crippen molar-refractivity contribution in [2.45, 2.75) is 6.92 Å². The fourth-order valence-electron chi connectivity index (χ4n) is 2.07. The molecule has 0 spiro atoms. The average molecular weight is 272 g/mol. The molecule has 1 aromatic carbocycles. The van der Waals surface area contributed by atoms with E-state index in [0.29, 0.717) is 11.1 Å². The number of hydrogen-bond donors (Lipinski definition) is 1. The van der Waals surface area contributed by atoms with E-state index in [-0.39, 0.29) is 22.5 Å². The summed E-state index contributed by atoms with van der Waals surface area (Å²) in [6.07, 6.45) is 0. The molecule has 2 aromatic heterocycles. The third kappa shape index (κ3) is 1.82. The summed E-state index contributed by atoms with van der Waals surface area (Å²) in [4.78, 5) is 15.5. The van der Waals surface area contributed by atoms with Gasteiger partial charge in [0.2, 0.25) is 0 Å². The molecule has 0 bridgehead atoms. The maximum absolute atomic E-state index is 13.8. The van der Waals surface area contributed by atoms with Crippen molar-refractivity contribution in [2.24, 2.45) is 0 Å².